The maximum Gasteiger partial charge on any atom is 0.316 e. The topological polar surface area (TPSA) is 69.7 Å². The highest BCUT2D eigenvalue weighted by molar-refractivity contribution is 6.01. The molecule has 0 aliphatic heterocycles. The summed E-state index contributed by atoms with van der Waals surface area (Å²) in [5.41, 5.74) is 0. The van der Waals surface area contributed by atoms with Gasteiger partial charge in [0.2, 0.25) is 0 Å². The van der Waals surface area contributed by atoms with E-state index in [1.807, 2.05) is 0 Å². The molecule has 0 aliphatic rings. The summed E-state index contributed by atoms with van der Waals surface area (Å²) in [6.45, 7) is 7.15. The van der Waals surface area contributed by atoms with E-state index in [1.165, 1.54) is 26.2 Å². The van der Waals surface area contributed by atoms with Gasteiger partial charge >= 0.3 is 11.9 Å². The highest BCUT2D eigenvalue weighted by atomic mass is 16.5. The Bertz CT molecular complexity index is 364. The van der Waals surface area contributed by atoms with Gasteiger partial charge in [-0.05, 0) is 19.8 Å². The fourth-order valence-corrected chi connectivity index (χ4v) is 2.52. The van der Waals surface area contributed by atoms with Gasteiger partial charge in [-0.3, -0.25) is 14.4 Å². The van der Waals surface area contributed by atoms with Gasteiger partial charge in [-0.1, -0.05) is 52.4 Å². The van der Waals surface area contributed by atoms with Crippen LogP contribution >= 0.6 is 0 Å². The van der Waals surface area contributed by atoms with E-state index in [0.29, 0.717) is 12.8 Å². The lowest BCUT2D eigenvalue weighted by Crippen LogP contribution is -2.36. The van der Waals surface area contributed by atoms with Gasteiger partial charge in [-0.15, -0.1) is 0 Å². The van der Waals surface area contributed by atoms with Crippen LogP contribution in [-0.2, 0) is 23.9 Å². The van der Waals surface area contributed by atoms with E-state index in [4.69, 9.17) is 9.47 Å². The first-order chi connectivity index (χ1) is 11.0. The average Bonchev–Trinajstić information content (AvgIpc) is 2.51. The van der Waals surface area contributed by atoms with Crippen LogP contribution in [0.25, 0.3) is 0 Å². The summed E-state index contributed by atoms with van der Waals surface area (Å²) >= 11 is 0. The van der Waals surface area contributed by atoms with E-state index in [9.17, 15) is 14.4 Å². The molecular formula is C18H32O5. The van der Waals surface area contributed by atoms with Crippen LogP contribution in [0.1, 0.15) is 79.1 Å². The molecule has 0 aromatic heterocycles. The van der Waals surface area contributed by atoms with Crippen molar-refractivity contribution in [3.63, 3.8) is 0 Å². The first-order valence-electron chi connectivity index (χ1n) is 8.85. The van der Waals surface area contributed by atoms with E-state index < -0.39 is 24.0 Å². The third kappa shape index (κ3) is 9.36. The average molecular weight is 328 g/mol. The molecule has 5 nitrogen and oxygen atoms in total. The molecule has 0 saturated heterocycles. The molecule has 0 fully saturated rings. The van der Waals surface area contributed by atoms with Crippen molar-refractivity contribution in [3.8, 4) is 0 Å². The SMILES string of the molecule is CCCCCCCCC(C(=O)OCC)C(=O)C(CC)OC(C)=O. The van der Waals surface area contributed by atoms with Crippen molar-refractivity contribution in [3.05, 3.63) is 0 Å². The lowest BCUT2D eigenvalue weighted by atomic mass is 9.92. The van der Waals surface area contributed by atoms with E-state index in [2.05, 4.69) is 6.92 Å². The van der Waals surface area contributed by atoms with Crippen molar-refractivity contribution in [2.24, 2.45) is 5.92 Å². The van der Waals surface area contributed by atoms with Gasteiger partial charge in [0, 0.05) is 6.92 Å². The molecule has 0 aliphatic carbocycles. The molecule has 0 radical (unpaired) electrons. The second-order valence-corrected chi connectivity index (χ2v) is 5.77. The van der Waals surface area contributed by atoms with E-state index in [1.54, 1.807) is 13.8 Å². The molecule has 0 heterocycles. The number of unbranched alkanes of at least 4 members (excludes halogenated alkanes) is 5. The fourth-order valence-electron chi connectivity index (χ4n) is 2.52. The molecule has 0 rings (SSSR count). The summed E-state index contributed by atoms with van der Waals surface area (Å²) < 4.78 is 10.1. The van der Waals surface area contributed by atoms with Crippen LogP contribution in [-0.4, -0.2) is 30.4 Å². The molecule has 0 N–H and O–H groups in total. The van der Waals surface area contributed by atoms with Crippen LogP contribution < -0.4 is 0 Å². The molecule has 23 heavy (non-hydrogen) atoms. The first kappa shape index (κ1) is 21.6. The van der Waals surface area contributed by atoms with Crippen LogP contribution in [0, 0.1) is 5.92 Å². The molecule has 0 aromatic rings. The van der Waals surface area contributed by atoms with Crippen molar-refractivity contribution in [1.29, 1.82) is 0 Å². The third-order valence-electron chi connectivity index (χ3n) is 3.76. The van der Waals surface area contributed by atoms with E-state index in [-0.39, 0.29) is 12.4 Å². The van der Waals surface area contributed by atoms with Crippen LogP contribution in [0.3, 0.4) is 0 Å². The zero-order valence-corrected chi connectivity index (χ0v) is 15.1. The van der Waals surface area contributed by atoms with Crippen LogP contribution in [0.5, 0.6) is 0 Å². The minimum absolute atomic E-state index is 0.240. The minimum Gasteiger partial charge on any atom is -0.465 e. The van der Waals surface area contributed by atoms with Crippen molar-refractivity contribution in [2.45, 2.75) is 85.2 Å². The minimum atomic E-state index is -0.859. The second-order valence-electron chi connectivity index (χ2n) is 5.77. The van der Waals surface area contributed by atoms with Gasteiger partial charge in [0.1, 0.15) is 5.92 Å². The quantitative estimate of drug-likeness (QED) is 0.292. The van der Waals surface area contributed by atoms with E-state index in [0.717, 1.165) is 19.3 Å². The van der Waals surface area contributed by atoms with Crippen molar-refractivity contribution in [1.82, 2.24) is 0 Å². The Morgan fingerprint density at radius 2 is 1.52 bits per heavy atom. The molecule has 2 atom stereocenters. The third-order valence-corrected chi connectivity index (χ3v) is 3.76. The summed E-state index contributed by atoms with van der Waals surface area (Å²) in [4.78, 5) is 35.7. The second kappa shape index (κ2) is 13.1. The lowest BCUT2D eigenvalue weighted by molar-refractivity contribution is -0.161. The number of carbonyl (C=O) groups excluding carboxylic acids is 3. The number of ketones is 1. The smallest absolute Gasteiger partial charge is 0.316 e. The van der Waals surface area contributed by atoms with E-state index >= 15 is 0 Å². The number of hydrogen-bond donors (Lipinski definition) is 0. The van der Waals surface area contributed by atoms with Crippen LogP contribution in [0.2, 0.25) is 0 Å². The van der Waals surface area contributed by atoms with Gasteiger partial charge in [0.25, 0.3) is 0 Å². The summed E-state index contributed by atoms with van der Waals surface area (Å²) in [6, 6.07) is 0. The monoisotopic (exact) mass is 328 g/mol. The number of ether oxygens (including phenoxy) is 2. The maximum atomic E-state index is 12.5. The van der Waals surface area contributed by atoms with Crippen molar-refractivity contribution >= 4 is 17.7 Å². The molecule has 134 valence electrons. The van der Waals surface area contributed by atoms with Gasteiger partial charge in [-0.2, -0.15) is 0 Å². The Morgan fingerprint density at radius 3 is 2.04 bits per heavy atom. The van der Waals surface area contributed by atoms with Crippen molar-refractivity contribution < 1.29 is 23.9 Å². The fraction of sp³-hybridized carbons (Fsp3) is 0.833. The summed E-state index contributed by atoms with van der Waals surface area (Å²) in [6.07, 6.45) is 6.45. The Balaban J connectivity index is 4.62. The lowest BCUT2D eigenvalue weighted by Gasteiger charge is -2.20. The van der Waals surface area contributed by atoms with Crippen LogP contribution in [0.4, 0.5) is 0 Å². The predicted molar refractivity (Wildman–Crippen MR) is 89.0 cm³/mol. The molecule has 0 aromatic carbocycles. The normalized spacial score (nSPS) is 13.2. The standard InChI is InChI=1S/C18H32O5/c1-5-8-9-10-11-12-13-15(18(21)22-7-3)17(20)16(6-2)23-14(4)19/h15-16H,5-13H2,1-4H3. The zero-order chi connectivity index (χ0) is 17.7. The van der Waals surface area contributed by atoms with Gasteiger partial charge < -0.3 is 9.47 Å². The highest BCUT2D eigenvalue weighted by Crippen LogP contribution is 2.19. The first-order valence-corrected chi connectivity index (χ1v) is 8.85. The molecule has 2 unspecified atom stereocenters. The zero-order valence-electron chi connectivity index (χ0n) is 15.1. The molecule has 0 bridgehead atoms. The molecular weight excluding hydrogens is 296 g/mol. The van der Waals surface area contributed by atoms with Crippen LogP contribution in [0.15, 0.2) is 0 Å². The molecule has 5 heteroatoms. The van der Waals surface area contributed by atoms with Gasteiger partial charge in [-0.25, -0.2) is 0 Å². The predicted octanol–water partition coefficient (Wildman–Crippen LogP) is 3.83. The number of hydrogen-bond acceptors (Lipinski definition) is 5. The summed E-state index contributed by atoms with van der Waals surface area (Å²) in [5.74, 6) is -2.18. The summed E-state index contributed by atoms with van der Waals surface area (Å²) in [5, 5.41) is 0. The maximum absolute atomic E-state index is 12.5. The number of carbonyl (C=O) groups is 3. The number of esters is 2. The molecule has 0 saturated carbocycles. The Hall–Kier alpha value is -1.39. The van der Waals surface area contributed by atoms with Gasteiger partial charge in [0.15, 0.2) is 11.9 Å². The Labute approximate surface area is 140 Å². The molecule has 0 amide bonds. The highest BCUT2D eigenvalue weighted by Gasteiger charge is 2.33. The summed E-state index contributed by atoms with van der Waals surface area (Å²) in [7, 11) is 0. The number of Topliss-reactive ketones (excluding diaryl/α,β-unsaturated/α-hetero) is 1. The Kier molecular flexibility index (Phi) is 12.3. The van der Waals surface area contributed by atoms with Crippen molar-refractivity contribution in [2.75, 3.05) is 6.61 Å². The Morgan fingerprint density at radius 1 is 0.913 bits per heavy atom. The van der Waals surface area contributed by atoms with Gasteiger partial charge in [0.05, 0.1) is 6.61 Å². The number of rotatable bonds is 13. The largest absolute Gasteiger partial charge is 0.465 e. The molecule has 0 spiro atoms.